The van der Waals surface area contributed by atoms with Crippen LogP contribution in [0.1, 0.15) is 11.7 Å². The molecular weight excluding hydrogens is 128 g/mol. The summed E-state index contributed by atoms with van der Waals surface area (Å²) in [5.74, 6) is 2.36. The monoisotopic (exact) mass is 136 g/mol. The normalized spacial score (nSPS) is 12.5. The molecule has 0 aromatic carbocycles. The van der Waals surface area contributed by atoms with Crippen molar-refractivity contribution in [1.82, 2.24) is 15.0 Å². The van der Waals surface area contributed by atoms with Gasteiger partial charge in [0, 0.05) is 7.05 Å². The van der Waals surface area contributed by atoms with Gasteiger partial charge in [0.05, 0.1) is 6.20 Å². The van der Waals surface area contributed by atoms with E-state index in [-0.39, 0.29) is 0 Å². The van der Waals surface area contributed by atoms with Crippen LogP contribution in [0.25, 0.3) is 0 Å². The zero-order valence-electron chi connectivity index (χ0n) is 5.65. The molecule has 2 N–H and O–H groups in total. The van der Waals surface area contributed by atoms with Gasteiger partial charge in [0.25, 0.3) is 0 Å². The van der Waals surface area contributed by atoms with Gasteiger partial charge < -0.3 is 5.73 Å². The SMILES string of the molecule is C#CC(N)c1cn(C)nn1. The summed E-state index contributed by atoms with van der Waals surface area (Å²) in [6.45, 7) is 0. The molecule has 0 bridgehead atoms. The highest BCUT2D eigenvalue weighted by Gasteiger charge is 2.04. The van der Waals surface area contributed by atoms with Crippen LogP contribution in [0.4, 0.5) is 0 Å². The second-order valence-electron chi connectivity index (χ2n) is 1.96. The average molecular weight is 136 g/mol. The standard InChI is InChI=1S/C6H8N4/c1-3-5(7)6-4-10(2)9-8-6/h1,4-5H,7H2,2H3. The van der Waals surface area contributed by atoms with Gasteiger partial charge in [-0.2, -0.15) is 0 Å². The van der Waals surface area contributed by atoms with E-state index in [2.05, 4.69) is 16.2 Å². The van der Waals surface area contributed by atoms with Crippen LogP contribution in [0.5, 0.6) is 0 Å². The molecule has 4 heteroatoms. The van der Waals surface area contributed by atoms with Gasteiger partial charge in [-0.05, 0) is 0 Å². The van der Waals surface area contributed by atoms with Gasteiger partial charge in [-0.1, -0.05) is 11.1 Å². The molecule has 1 rings (SSSR count). The molecule has 0 aliphatic rings. The van der Waals surface area contributed by atoms with Crippen molar-refractivity contribution < 1.29 is 0 Å². The molecule has 0 amide bonds. The van der Waals surface area contributed by atoms with E-state index in [1.165, 1.54) is 0 Å². The van der Waals surface area contributed by atoms with Crippen molar-refractivity contribution in [3.8, 4) is 12.3 Å². The first kappa shape index (κ1) is 6.78. The molecule has 0 fully saturated rings. The summed E-state index contributed by atoms with van der Waals surface area (Å²) in [7, 11) is 1.76. The first-order valence-electron chi connectivity index (χ1n) is 2.82. The first-order valence-corrected chi connectivity index (χ1v) is 2.82. The lowest BCUT2D eigenvalue weighted by Gasteiger charge is -1.93. The predicted octanol–water partition coefficient (Wildman–Crippen LogP) is -0.552. The van der Waals surface area contributed by atoms with Crippen LogP contribution in [0.2, 0.25) is 0 Å². The topological polar surface area (TPSA) is 56.7 Å². The number of rotatable bonds is 1. The largest absolute Gasteiger partial charge is 0.313 e. The highest BCUT2D eigenvalue weighted by molar-refractivity contribution is 5.12. The Bertz CT molecular complexity index is 257. The van der Waals surface area contributed by atoms with Crippen LogP contribution in [0.15, 0.2) is 6.20 Å². The molecule has 0 saturated carbocycles. The van der Waals surface area contributed by atoms with E-state index in [4.69, 9.17) is 12.2 Å². The summed E-state index contributed by atoms with van der Waals surface area (Å²) in [4.78, 5) is 0. The Morgan fingerprint density at radius 2 is 2.60 bits per heavy atom. The van der Waals surface area contributed by atoms with Gasteiger partial charge in [0.15, 0.2) is 0 Å². The average Bonchev–Trinajstić information content (AvgIpc) is 2.34. The van der Waals surface area contributed by atoms with Crippen molar-refractivity contribution in [1.29, 1.82) is 0 Å². The van der Waals surface area contributed by atoms with Crippen LogP contribution in [-0.4, -0.2) is 15.0 Å². The summed E-state index contributed by atoms with van der Waals surface area (Å²) < 4.78 is 1.56. The number of hydrogen-bond donors (Lipinski definition) is 1. The molecule has 0 radical (unpaired) electrons. The smallest absolute Gasteiger partial charge is 0.112 e. The number of aryl methyl sites for hydroxylation is 1. The summed E-state index contributed by atoms with van der Waals surface area (Å²) in [5.41, 5.74) is 6.09. The summed E-state index contributed by atoms with van der Waals surface area (Å²) in [6, 6.07) is -0.436. The number of hydrogen-bond acceptors (Lipinski definition) is 3. The quantitative estimate of drug-likeness (QED) is 0.527. The third-order valence-electron chi connectivity index (χ3n) is 1.12. The lowest BCUT2D eigenvalue weighted by atomic mass is 10.2. The van der Waals surface area contributed by atoms with Gasteiger partial charge in [-0.25, -0.2) is 0 Å². The van der Waals surface area contributed by atoms with Crippen LogP contribution < -0.4 is 5.73 Å². The molecule has 4 nitrogen and oxygen atoms in total. The van der Waals surface area contributed by atoms with Crippen LogP contribution in [-0.2, 0) is 7.05 Å². The van der Waals surface area contributed by atoms with Crippen molar-refractivity contribution in [3.05, 3.63) is 11.9 Å². The highest BCUT2D eigenvalue weighted by Crippen LogP contribution is 2.01. The maximum Gasteiger partial charge on any atom is 0.112 e. The molecule has 0 aliphatic carbocycles. The fraction of sp³-hybridized carbons (Fsp3) is 0.333. The second-order valence-corrected chi connectivity index (χ2v) is 1.96. The Balaban J connectivity index is 2.87. The maximum atomic E-state index is 5.46. The number of aromatic nitrogens is 3. The molecule has 10 heavy (non-hydrogen) atoms. The van der Waals surface area contributed by atoms with Crippen molar-refractivity contribution in [2.24, 2.45) is 12.8 Å². The minimum atomic E-state index is -0.436. The molecule has 1 aromatic rings. The Labute approximate surface area is 59.0 Å². The Morgan fingerprint density at radius 3 is 3.00 bits per heavy atom. The van der Waals surface area contributed by atoms with E-state index >= 15 is 0 Å². The molecule has 1 heterocycles. The Hall–Kier alpha value is -1.34. The number of nitrogens with zero attached hydrogens (tertiary/aromatic N) is 3. The van der Waals surface area contributed by atoms with Gasteiger partial charge in [-0.15, -0.1) is 11.5 Å². The summed E-state index contributed by atoms with van der Waals surface area (Å²) >= 11 is 0. The van der Waals surface area contributed by atoms with Crippen LogP contribution in [0, 0.1) is 12.3 Å². The van der Waals surface area contributed by atoms with Crippen molar-refractivity contribution in [3.63, 3.8) is 0 Å². The zero-order valence-corrected chi connectivity index (χ0v) is 5.65. The molecule has 1 unspecified atom stereocenters. The summed E-state index contributed by atoms with van der Waals surface area (Å²) in [5, 5.41) is 7.41. The van der Waals surface area contributed by atoms with Crippen molar-refractivity contribution in [2.75, 3.05) is 0 Å². The molecule has 1 atom stereocenters. The third-order valence-corrected chi connectivity index (χ3v) is 1.12. The molecular formula is C6H8N4. The third kappa shape index (κ3) is 1.14. The minimum Gasteiger partial charge on any atom is -0.313 e. The van der Waals surface area contributed by atoms with Gasteiger partial charge in [0.2, 0.25) is 0 Å². The Morgan fingerprint density at radius 1 is 1.90 bits per heavy atom. The predicted molar refractivity (Wildman–Crippen MR) is 36.8 cm³/mol. The van der Waals surface area contributed by atoms with Crippen molar-refractivity contribution in [2.45, 2.75) is 6.04 Å². The van der Waals surface area contributed by atoms with E-state index in [9.17, 15) is 0 Å². The van der Waals surface area contributed by atoms with Gasteiger partial charge in [0.1, 0.15) is 11.7 Å². The fourth-order valence-electron chi connectivity index (χ4n) is 0.593. The minimum absolute atomic E-state index is 0.436. The highest BCUT2D eigenvalue weighted by atomic mass is 15.4. The molecule has 0 spiro atoms. The molecule has 0 aliphatic heterocycles. The van der Waals surface area contributed by atoms with Gasteiger partial charge >= 0.3 is 0 Å². The molecule has 52 valence electrons. The Kier molecular flexibility index (Phi) is 1.69. The van der Waals surface area contributed by atoms with Crippen LogP contribution in [0.3, 0.4) is 0 Å². The van der Waals surface area contributed by atoms with Crippen LogP contribution >= 0.6 is 0 Å². The lowest BCUT2D eigenvalue weighted by molar-refractivity contribution is 0.712. The van der Waals surface area contributed by atoms with E-state index in [0.29, 0.717) is 5.69 Å². The van der Waals surface area contributed by atoms with E-state index in [0.717, 1.165) is 0 Å². The number of terminal acetylenes is 1. The van der Waals surface area contributed by atoms with E-state index in [1.807, 2.05) is 0 Å². The zero-order chi connectivity index (χ0) is 7.56. The lowest BCUT2D eigenvalue weighted by Crippen LogP contribution is -2.07. The first-order chi connectivity index (χ1) is 4.74. The van der Waals surface area contributed by atoms with E-state index in [1.54, 1.807) is 17.9 Å². The fourth-order valence-corrected chi connectivity index (χ4v) is 0.593. The molecule has 0 saturated heterocycles. The summed E-state index contributed by atoms with van der Waals surface area (Å²) in [6.07, 6.45) is 6.76. The van der Waals surface area contributed by atoms with Crippen molar-refractivity contribution >= 4 is 0 Å². The van der Waals surface area contributed by atoms with Gasteiger partial charge in [-0.3, -0.25) is 4.68 Å². The second kappa shape index (κ2) is 2.50. The van der Waals surface area contributed by atoms with E-state index < -0.39 is 6.04 Å². The molecule has 1 aromatic heterocycles. The number of nitrogens with two attached hydrogens (primary N) is 1. The maximum absolute atomic E-state index is 5.46.